The van der Waals surface area contributed by atoms with Crippen LogP contribution in [0.4, 0.5) is 0 Å². The summed E-state index contributed by atoms with van der Waals surface area (Å²) in [6.07, 6.45) is 1.57. The van der Waals surface area contributed by atoms with Gasteiger partial charge in [-0.3, -0.25) is 9.59 Å². The first-order valence-corrected chi connectivity index (χ1v) is 10.3. The molecule has 1 aliphatic rings. The molecule has 2 aromatic carbocycles. The summed E-state index contributed by atoms with van der Waals surface area (Å²) in [5.41, 5.74) is 2.22. The van der Waals surface area contributed by atoms with Crippen LogP contribution in [0, 0.1) is 12.3 Å². The van der Waals surface area contributed by atoms with Crippen molar-refractivity contribution in [2.75, 3.05) is 19.7 Å². The maximum atomic E-state index is 13.1. The lowest BCUT2D eigenvalue weighted by atomic mass is 9.80. The molecule has 0 spiro atoms. The molecule has 1 fully saturated rings. The molecule has 1 aliphatic heterocycles. The largest absolute Gasteiger partial charge is 0.493 e. The Balaban J connectivity index is 1.69. The van der Waals surface area contributed by atoms with Crippen LogP contribution in [-0.4, -0.2) is 36.4 Å². The topological polar surface area (TPSA) is 58.6 Å². The van der Waals surface area contributed by atoms with Gasteiger partial charge in [-0.15, -0.1) is 0 Å². The first-order valence-electron chi connectivity index (χ1n) is 10.3. The summed E-state index contributed by atoms with van der Waals surface area (Å²) in [4.78, 5) is 27.9. The van der Waals surface area contributed by atoms with E-state index < -0.39 is 5.41 Å². The fourth-order valence-electron chi connectivity index (χ4n) is 3.89. The normalized spacial score (nSPS) is 18.9. The highest BCUT2D eigenvalue weighted by Gasteiger charge is 2.39. The van der Waals surface area contributed by atoms with E-state index in [-0.39, 0.29) is 11.8 Å². The molecule has 0 radical (unpaired) electrons. The Morgan fingerprint density at radius 3 is 2.62 bits per heavy atom. The third-order valence-corrected chi connectivity index (χ3v) is 5.65. The summed E-state index contributed by atoms with van der Waals surface area (Å²) in [7, 11) is 0. The molecule has 0 bridgehead atoms. The minimum Gasteiger partial charge on any atom is -0.493 e. The SMILES string of the molecule is CCOc1ccccc1C(=O)N1CCC[C@](C)(C(=O)NCc2ccccc2C)C1. The van der Waals surface area contributed by atoms with Gasteiger partial charge in [-0.25, -0.2) is 0 Å². The van der Waals surface area contributed by atoms with Crippen molar-refractivity contribution >= 4 is 11.8 Å². The highest BCUT2D eigenvalue weighted by atomic mass is 16.5. The molecule has 2 amide bonds. The fraction of sp³-hybridized carbons (Fsp3) is 0.417. The lowest BCUT2D eigenvalue weighted by Gasteiger charge is -2.39. The van der Waals surface area contributed by atoms with Gasteiger partial charge in [0, 0.05) is 19.6 Å². The molecule has 29 heavy (non-hydrogen) atoms. The van der Waals surface area contributed by atoms with Gasteiger partial charge in [-0.1, -0.05) is 36.4 Å². The predicted octanol–water partition coefficient (Wildman–Crippen LogP) is 3.95. The van der Waals surface area contributed by atoms with Crippen LogP contribution in [0.25, 0.3) is 0 Å². The number of hydrogen-bond donors (Lipinski definition) is 1. The number of nitrogens with one attached hydrogen (secondary N) is 1. The maximum absolute atomic E-state index is 13.1. The zero-order valence-corrected chi connectivity index (χ0v) is 17.5. The highest BCUT2D eigenvalue weighted by Crippen LogP contribution is 2.32. The van der Waals surface area contributed by atoms with Crippen LogP contribution < -0.4 is 10.1 Å². The van der Waals surface area contributed by atoms with Crippen molar-refractivity contribution in [2.45, 2.75) is 40.2 Å². The number of rotatable bonds is 6. The first-order chi connectivity index (χ1) is 13.9. The number of carbonyl (C=O) groups excluding carboxylic acids is 2. The number of ether oxygens (including phenoxy) is 1. The van der Waals surface area contributed by atoms with E-state index in [0.717, 1.165) is 24.0 Å². The van der Waals surface area contributed by atoms with Gasteiger partial charge in [0.15, 0.2) is 0 Å². The van der Waals surface area contributed by atoms with Crippen LogP contribution >= 0.6 is 0 Å². The molecule has 3 rings (SSSR count). The van der Waals surface area contributed by atoms with E-state index in [2.05, 4.69) is 5.32 Å². The van der Waals surface area contributed by atoms with Crippen LogP contribution in [-0.2, 0) is 11.3 Å². The van der Waals surface area contributed by atoms with E-state index in [1.807, 2.05) is 63.2 Å². The van der Waals surface area contributed by atoms with Crippen LogP contribution in [0.5, 0.6) is 5.75 Å². The number of hydrogen-bond acceptors (Lipinski definition) is 3. The number of likely N-dealkylation sites (tertiary alicyclic amines) is 1. The van der Waals surface area contributed by atoms with Gasteiger partial charge in [0.05, 0.1) is 17.6 Å². The molecule has 1 N–H and O–H groups in total. The average molecular weight is 395 g/mol. The van der Waals surface area contributed by atoms with Gasteiger partial charge in [0.1, 0.15) is 5.75 Å². The molecule has 2 aromatic rings. The monoisotopic (exact) mass is 394 g/mol. The lowest BCUT2D eigenvalue weighted by molar-refractivity contribution is -0.132. The number of amides is 2. The van der Waals surface area contributed by atoms with Crippen molar-refractivity contribution in [3.63, 3.8) is 0 Å². The Hall–Kier alpha value is -2.82. The second kappa shape index (κ2) is 9.12. The molecule has 1 heterocycles. The Kier molecular flexibility index (Phi) is 6.57. The van der Waals surface area contributed by atoms with Crippen molar-refractivity contribution in [2.24, 2.45) is 5.41 Å². The Bertz CT molecular complexity index is 880. The quantitative estimate of drug-likeness (QED) is 0.807. The maximum Gasteiger partial charge on any atom is 0.257 e. The standard InChI is InChI=1S/C24H30N2O3/c1-4-29-21-13-8-7-12-20(21)22(27)26-15-9-14-24(3,17-26)23(28)25-16-19-11-6-5-10-18(19)2/h5-8,10-13H,4,9,14-17H2,1-3H3,(H,25,28)/t24-/m0/s1. The predicted molar refractivity (Wildman–Crippen MR) is 114 cm³/mol. The third kappa shape index (κ3) is 4.78. The summed E-state index contributed by atoms with van der Waals surface area (Å²) in [6, 6.07) is 15.3. The van der Waals surface area contributed by atoms with Gasteiger partial charge in [-0.2, -0.15) is 0 Å². The molecule has 0 saturated carbocycles. The number of carbonyl (C=O) groups is 2. The second-order valence-electron chi connectivity index (χ2n) is 7.93. The zero-order chi connectivity index (χ0) is 20.9. The van der Waals surface area contributed by atoms with Crippen molar-refractivity contribution in [1.29, 1.82) is 0 Å². The average Bonchev–Trinajstić information content (AvgIpc) is 2.73. The van der Waals surface area contributed by atoms with E-state index in [9.17, 15) is 9.59 Å². The van der Waals surface area contributed by atoms with Gasteiger partial charge in [-0.05, 0) is 56.9 Å². The molecule has 1 saturated heterocycles. The van der Waals surface area contributed by atoms with E-state index in [1.165, 1.54) is 0 Å². The minimum absolute atomic E-state index is 0.00338. The van der Waals surface area contributed by atoms with E-state index in [4.69, 9.17) is 4.74 Å². The third-order valence-electron chi connectivity index (χ3n) is 5.65. The Morgan fingerprint density at radius 2 is 1.86 bits per heavy atom. The lowest BCUT2D eigenvalue weighted by Crippen LogP contribution is -2.51. The van der Waals surface area contributed by atoms with E-state index in [0.29, 0.717) is 37.6 Å². The first kappa shape index (κ1) is 20.9. The fourth-order valence-corrected chi connectivity index (χ4v) is 3.89. The van der Waals surface area contributed by atoms with Crippen LogP contribution in [0.2, 0.25) is 0 Å². The smallest absolute Gasteiger partial charge is 0.257 e. The molecule has 0 aliphatic carbocycles. The van der Waals surface area contributed by atoms with Gasteiger partial charge in [0.2, 0.25) is 5.91 Å². The van der Waals surface area contributed by atoms with Gasteiger partial charge >= 0.3 is 0 Å². The number of aryl methyl sites for hydroxylation is 1. The highest BCUT2D eigenvalue weighted by molar-refractivity contribution is 5.97. The summed E-state index contributed by atoms with van der Waals surface area (Å²) >= 11 is 0. The molecule has 5 heteroatoms. The number of para-hydroxylation sites is 1. The summed E-state index contributed by atoms with van der Waals surface area (Å²) in [5, 5.41) is 3.08. The van der Waals surface area contributed by atoms with Gasteiger partial charge < -0.3 is 15.0 Å². The summed E-state index contributed by atoms with van der Waals surface area (Å²) in [5.74, 6) is 0.513. The zero-order valence-electron chi connectivity index (χ0n) is 17.5. The molecular formula is C24H30N2O3. The second-order valence-corrected chi connectivity index (χ2v) is 7.93. The van der Waals surface area contributed by atoms with Crippen molar-refractivity contribution in [1.82, 2.24) is 10.2 Å². The minimum atomic E-state index is -0.600. The van der Waals surface area contributed by atoms with Gasteiger partial charge in [0.25, 0.3) is 5.91 Å². The molecule has 1 atom stereocenters. The van der Waals surface area contributed by atoms with E-state index in [1.54, 1.807) is 11.0 Å². The number of nitrogens with zero attached hydrogens (tertiary/aromatic N) is 1. The molecule has 154 valence electrons. The molecular weight excluding hydrogens is 364 g/mol. The van der Waals surface area contributed by atoms with Crippen molar-refractivity contribution in [3.05, 3.63) is 65.2 Å². The molecule has 5 nitrogen and oxygen atoms in total. The Labute approximate surface area is 173 Å². The van der Waals surface area contributed by atoms with Crippen molar-refractivity contribution in [3.8, 4) is 5.75 Å². The van der Waals surface area contributed by atoms with Crippen LogP contribution in [0.15, 0.2) is 48.5 Å². The Morgan fingerprint density at radius 1 is 1.14 bits per heavy atom. The van der Waals surface area contributed by atoms with Crippen molar-refractivity contribution < 1.29 is 14.3 Å². The van der Waals surface area contributed by atoms with Crippen LogP contribution in [0.1, 0.15) is 48.2 Å². The number of benzene rings is 2. The van der Waals surface area contributed by atoms with E-state index >= 15 is 0 Å². The van der Waals surface area contributed by atoms with Crippen LogP contribution in [0.3, 0.4) is 0 Å². The molecule has 0 unspecified atom stereocenters. The number of piperidine rings is 1. The molecule has 0 aromatic heterocycles. The summed E-state index contributed by atoms with van der Waals surface area (Å²) in [6.45, 7) is 7.96. The summed E-state index contributed by atoms with van der Waals surface area (Å²) < 4.78 is 5.62.